The van der Waals surface area contributed by atoms with Crippen molar-refractivity contribution in [2.75, 3.05) is 0 Å². The highest BCUT2D eigenvalue weighted by Crippen LogP contribution is 2.52. The standard InChI is InChI=1S/C12H15ClOS/c1-12(2,3)8-6-7(8)10(14)11-9(13)4-5-15-11/h4-5,7-8H,6H2,1-3H3. The summed E-state index contributed by atoms with van der Waals surface area (Å²) < 4.78 is 0. The molecule has 0 aromatic carbocycles. The van der Waals surface area contributed by atoms with Crippen LogP contribution in [0.3, 0.4) is 0 Å². The Kier molecular flexibility index (Phi) is 2.68. The predicted octanol–water partition coefficient (Wildman–Crippen LogP) is 4.27. The number of carbonyl (C=O) groups excluding carboxylic acids is 1. The van der Waals surface area contributed by atoms with Crippen molar-refractivity contribution in [1.29, 1.82) is 0 Å². The molecule has 82 valence electrons. The summed E-state index contributed by atoms with van der Waals surface area (Å²) in [4.78, 5) is 12.8. The molecule has 0 amide bonds. The van der Waals surface area contributed by atoms with Crippen LogP contribution in [-0.4, -0.2) is 5.78 Å². The fourth-order valence-electron chi connectivity index (χ4n) is 2.08. The predicted molar refractivity (Wildman–Crippen MR) is 64.7 cm³/mol. The first-order chi connectivity index (χ1) is 6.91. The van der Waals surface area contributed by atoms with Crippen LogP contribution in [0.1, 0.15) is 36.9 Å². The Morgan fingerprint density at radius 2 is 2.20 bits per heavy atom. The molecular formula is C12H15ClOS. The van der Waals surface area contributed by atoms with E-state index >= 15 is 0 Å². The van der Waals surface area contributed by atoms with Gasteiger partial charge in [-0.1, -0.05) is 32.4 Å². The number of rotatable bonds is 2. The van der Waals surface area contributed by atoms with Crippen LogP contribution in [0.2, 0.25) is 5.02 Å². The van der Waals surface area contributed by atoms with Gasteiger partial charge in [0, 0.05) is 5.92 Å². The Hall–Kier alpha value is -0.340. The number of ketones is 1. The molecule has 1 saturated carbocycles. The first-order valence-electron chi connectivity index (χ1n) is 5.18. The van der Waals surface area contributed by atoms with Crippen LogP contribution in [0.25, 0.3) is 0 Å². The molecule has 3 heteroatoms. The largest absolute Gasteiger partial charge is 0.293 e. The maximum Gasteiger partial charge on any atom is 0.177 e. The second-order valence-corrected chi connectivity index (χ2v) is 6.60. The Morgan fingerprint density at radius 3 is 2.60 bits per heavy atom. The van der Waals surface area contributed by atoms with Crippen LogP contribution >= 0.6 is 22.9 Å². The maximum absolute atomic E-state index is 12.1. The molecule has 2 atom stereocenters. The smallest absolute Gasteiger partial charge is 0.177 e. The van der Waals surface area contributed by atoms with Gasteiger partial charge in [0.05, 0.1) is 9.90 Å². The fourth-order valence-corrected chi connectivity index (χ4v) is 3.23. The van der Waals surface area contributed by atoms with Gasteiger partial charge in [0.2, 0.25) is 0 Å². The van der Waals surface area contributed by atoms with E-state index in [1.807, 2.05) is 5.38 Å². The Labute approximate surface area is 99.5 Å². The molecule has 0 radical (unpaired) electrons. The summed E-state index contributed by atoms with van der Waals surface area (Å²) in [6.45, 7) is 6.59. The number of hydrogen-bond acceptors (Lipinski definition) is 2. The average molecular weight is 243 g/mol. The van der Waals surface area contributed by atoms with Crippen LogP contribution in [0.4, 0.5) is 0 Å². The van der Waals surface area contributed by atoms with Gasteiger partial charge in [-0.05, 0) is 29.2 Å². The number of Topliss-reactive ketones (excluding diaryl/α,β-unsaturated/α-hetero) is 1. The van der Waals surface area contributed by atoms with E-state index in [1.54, 1.807) is 6.07 Å². The van der Waals surface area contributed by atoms with Gasteiger partial charge in [-0.15, -0.1) is 11.3 Å². The molecule has 0 N–H and O–H groups in total. The summed E-state index contributed by atoms with van der Waals surface area (Å²) in [5.74, 6) is 0.985. The molecule has 1 aliphatic rings. The summed E-state index contributed by atoms with van der Waals surface area (Å²) in [5, 5.41) is 2.49. The molecule has 0 spiro atoms. The zero-order valence-corrected chi connectivity index (χ0v) is 10.8. The minimum Gasteiger partial charge on any atom is -0.293 e. The van der Waals surface area contributed by atoms with Gasteiger partial charge in [0.15, 0.2) is 5.78 Å². The lowest BCUT2D eigenvalue weighted by molar-refractivity contribution is 0.0953. The second-order valence-electron chi connectivity index (χ2n) is 5.28. The molecule has 0 saturated heterocycles. The Bertz CT molecular complexity index is 389. The van der Waals surface area contributed by atoms with Crippen LogP contribution in [0.15, 0.2) is 11.4 Å². The lowest BCUT2D eigenvalue weighted by Gasteiger charge is -2.17. The minimum absolute atomic E-state index is 0.209. The zero-order chi connectivity index (χ0) is 11.2. The summed E-state index contributed by atoms with van der Waals surface area (Å²) in [6, 6.07) is 1.80. The van der Waals surface area contributed by atoms with Gasteiger partial charge < -0.3 is 0 Å². The average Bonchev–Trinajstić information content (AvgIpc) is 2.82. The van der Waals surface area contributed by atoms with E-state index in [0.29, 0.717) is 10.9 Å². The molecule has 1 aliphatic carbocycles. The molecule has 1 heterocycles. The minimum atomic E-state index is 0.209. The van der Waals surface area contributed by atoms with Crippen molar-refractivity contribution in [3.8, 4) is 0 Å². The highest BCUT2D eigenvalue weighted by atomic mass is 35.5. The first kappa shape index (κ1) is 11.2. The summed E-state index contributed by atoms with van der Waals surface area (Å²) in [6.07, 6.45) is 1.02. The molecule has 15 heavy (non-hydrogen) atoms. The van der Waals surface area contributed by atoms with E-state index in [0.717, 1.165) is 11.3 Å². The van der Waals surface area contributed by atoms with Gasteiger partial charge in [-0.3, -0.25) is 4.79 Å². The summed E-state index contributed by atoms with van der Waals surface area (Å²) in [5.41, 5.74) is 0.240. The molecule has 1 nitrogen and oxygen atoms in total. The van der Waals surface area contributed by atoms with Gasteiger partial charge in [0.25, 0.3) is 0 Å². The molecule has 0 bridgehead atoms. The quantitative estimate of drug-likeness (QED) is 0.708. The first-order valence-corrected chi connectivity index (χ1v) is 6.44. The molecule has 1 fully saturated rings. The molecule has 1 aromatic rings. The monoisotopic (exact) mass is 242 g/mol. The van der Waals surface area contributed by atoms with Crippen molar-refractivity contribution in [3.05, 3.63) is 21.3 Å². The summed E-state index contributed by atoms with van der Waals surface area (Å²) >= 11 is 7.42. The lowest BCUT2D eigenvalue weighted by Crippen LogP contribution is -2.13. The van der Waals surface area contributed by atoms with Gasteiger partial charge in [0.1, 0.15) is 0 Å². The number of thiophene rings is 1. The van der Waals surface area contributed by atoms with Gasteiger partial charge in [-0.2, -0.15) is 0 Å². The topological polar surface area (TPSA) is 17.1 Å². The third-order valence-corrected chi connectivity index (χ3v) is 4.44. The van der Waals surface area contributed by atoms with Crippen LogP contribution in [0.5, 0.6) is 0 Å². The Morgan fingerprint density at radius 1 is 1.53 bits per heavy atom. The maximum atomic E-state index is 12.1. The summed E-state index contributed by atoms with van der Waals surface area (Å²) in [7, 11) is 0. The lowest BCUT2D eigenvalue weighted by atomic mass is 9.88. The van der Waals surface area contributed by atoms with Gasteiger partial charge >= 0.3 is 0 Å². The van der Waals surface area contributed by atoms with Crippen molar-refractivity contribution < 1.29 is 4.79 Å². The molecule has 1 aromatic heterocycles. The molecule has 2 unspecified atom stereocenters. The third kappa shape index (κ3) is 2.11. The third-order valence-electron chi connectivity index (χ3n) is 3.08. The van der Waals surface area contributed by atoms with Crippen molar-refractivity contribution in [2.24, 2.45) is 17.3 Å². The van der Waals surface area contributed by atoms with E-state index < -0.39 is 0 Å². The second kappa shape index (κ2) is 3.60. The van der Waals surface area contributed by atoms with Crippen LogP contribution in [-0.2, 0) is 0 Å². The molecule has 0 aliphatic heterocycles. The fraction of sp³-hybridized carbons (Fsp3) is 0.583. The van der Waals surface area contributed by atoms with Crippen LogP contribution in [0, 0.1) is 17.3 Å². The van der Waals surface area contributed by atoms with Crippen molar-refractivity contribution in [3.63, 3.8) is 0 Å². The SMILES string of the molecule is CC(C)(C)C1CC1C(=O)c1sccc1Cl. The zero-order valence-electron chi connectivity index (χ0n) is 9.21. The van der Waals surface area contributed by atoms with E-state index in [-0.39, 0.29) is 17.1 Å². The highest BCUT2D eigenvalue weighted by Gasteiger charge is 2.49. The van der Waals surface area contributed by atoms with Crippen LogP contribution < -0.4 is 0 Å². The molecular weight excluding hydrogens is 228 g/mol. The highest BCUT2D eigenvalue weighted by molar-refractivity contribution is 7.12. The van der Waals surface area contributed by atoms with E-state index in [2.05, 4.69) is 20.8 Å². The van der Waals surface area contributed by atoms with Crippen molar-refractivity contribution in [1.82, 2.24) is 0 Å². The van der Waals surface area contributed by atoms with E-state index in [4.69, 9.17) is 11.6 Å². The number of halogens is 1. The Balaban J connectivity index is 2.10. The van der Waals surface area contributed by atoms with Crippen molar-refractivity contribution in [2.45, 2.75) is 27.2 Å². The van der Waals surface area contributed by atoms with E-state index in [1.165, 1.54) is 11.3 Å². The molecule has 2 rings (SSSR count). The van der Waals surface area contributed by atoms with Gasteiger partial charge in [-0.25, -0.2) is 0 Å². The van der Waals surface area contributed by atoms with E-state index in [9.17, 15) is 4.79 Å². The number of hydrogen-bond donors (Lipinski definition) is 0. The van der Waals surface area contributed by atoms with Crippen molar-refractivity contribution >= 4 is 28.7 Å². The number of carbonyl (C=O) groups is 1. The normalized spacial score (nSPS) is 25.3.